The van der Waals surface area contributed by atoms with Gasteiger partial charge in [0.15, 0.2) is 0 Å². The van der Waals surface area contributed by atoms with E-state index in [0.717, 1.165) is 27.6 Å². The quantitative estimate of drug-likeness (QED) is 0.384. The maximum absolute atomic E-state index is 12.3. The SMILES string of the molecule is N=C(N)c1ccc2c(c1)C(=Cc1ccc3ccccc3c1)C(=O)N2. The smallest absolute Gasteiger partial charge is 0.256 e. The van der Waals surface area contributed by atoms with Crippen LogP contribution in [0.25, 0.3) is 22.4 Å². The summed E-state index contributed by atoms with van der Waals surface area (Å²) in [5, 5.41) is 12.7. The van der Waals surface area contributed by atoms with Crippen molar-refractivity contribution in [2.75, 3.05) is 5.32 Å². The third kappa shape index (κ3) is 2.34. The Balaban J connectivity index is 1.83. The molecule has 0 saturated heterocycles. The van der Waals surface area contributed by atoms with Crippen LogP contribution in [0.4, 0.5) is 5.69 Å². The number of anilines is 1. The van der Waals surface area contributed by atoms with E-state index in [-0.39, 0.29) is 11.7 Å². The maximum atomic E-state index is 12.3. The van der Waals surface area contributed by atoms with Crippen molar-refractivity contribution in [3.05, 3.63) is 77.4 Å². The number of carbonyl (C=O) groups is 1. The second kappa shape index (κ2) is 5.35. The molecule has 0 fully saturated rings. The molecular weight excluding hydrogens is 298 g/mol. The second-order valence-corrected chi connectivity index (χ2v) is 5.79. The molecule has 3 aromatic rings. The lowest BCUT2D eigenvalue weighted by Gasteiger charge is -2.04. The first kappa shape index (κ1) is 14.2. The number of hydrogen-bond donors (Lipinski definition) is 3. The molecule has 0 saturated carbocycles. The van der Waals surface area contributed by atoms with Gasteiger partial charge in [0, 0.05) is 22.4 Å². The van der Waals surface area contributed by atoms with Crippen LogP contribution >= 0.6 is 0 Å². The number of amidine groups is 1. The summed E-state index contributed by atoms with van der Waals surface area (Å²) in [7, 11) is 0. The molecule has 0 atom stereocenters. The van der Waals surface area contributed by atoms with Crippen LogP contribution in [0.3, 0.4) is 0 Å². The van der Waals surface area contributed by atoms with Crippen molar-refractivity contribution in [2.45, 2.75) is 0 Å². The first-order valence-corrected chi connectivity index (χ1v) is 7.62. The molecular formula is C20H15N3O. The molecule has 4 heteroatoms. The number of nitrogens with one attached hydrogen (secondary N) is 2. The molecule has 24 heavy (non-hydrogen) atoms. The van der Waals surface area contributed by atoms with Crippen LogP contribution in [-0.2, 0) is 4.79 Å². The monoisotopic (exact) mass is 313 g/mol. The van der Waals surface area contributed by atoms with E-state index in [9.17, 15) is 4.79 Å². The summed E-state index contributed by atoms with van der Waals surface area (Å²) in [4.78, 5) is 12.3. The Kier molecular flexibility index (Phi) is 3.17. The molecule has 0 bridgehead atoms. The lowest BCUT2D eigenvalue weighted by Crippen LogP contribution is -2.10. The Morgan fingerprint density at radius 2 is 1.79 bits per heavy atom. The van der Waals surface area contributed by atoms with Gasteiger partial charge in [0.1, 0.15) is 5.84 Å². The number of benzene rings is 3. The fourth-order valence-electron chi connectivity index (χ4n) is 2.96. The van der Waals surface area contributed by atoms with Gasteiger partial charge in [0.2, 0.25) is 0 Å². The standard InChI is InChI=1S/C20H15N3O/c21-19(22)15-7-8-18-16(11-15)17(20(24)23-18)10-12-5-6-13-3-1-2-4-14(13)9-12/h1-11H,(H3,21,22)(H,23,24). The Labute approximate surface area is 139 Å². The van der Waals surface area contributed by atoms with Crippen LogP contribution in [0.2, 0.25) is 0 Å². The zero-order valence-corrected chi connectivity index (χ0v) is 12.8. The van der Waals surface area contributed by atoms with Gasteiger partial charge in [-0.1, -0.05) is 36.4 Å². The number of carbonyl (C=O) groups excluding carboxylic acids is 1. The molecule has 0 radical (unpaired) electrons. The minimum absolute atomic E-state index is 0.0118. The van der Waals surface area contributed by atoms with E-state index < -0.39 is 0 Å². The maximum Gasteiger partial charge on any atom is 0.256 e. The van der Waals surface area contributed by atoms with Crippen LogP contribution in [0.5, 0.6) is 0 Å². The third-order valence-electron chi connectivity index (χ3n) is 4.20. The molecule has 0 aliphatic carbocycles. The summed E-state index contributed by atoms with van der Waals surface area (Å²) in [6.07, 6.45) is 1.87. The molecule has 116 valence electrons. The fraction of sp³-hybridized carbons (Fsp3) is 0. The summed E-state index contributed by atoms with van der Waals surface area (Å²) >= 11 is 0. The van der Waals surface area contributed by atoms with E-state index >= 15 is 0 Å². The number of nitrogen functional groups attached to an aromatic ring is 1. The highest BCUT2D eigenvalue weighted by Crippen LogP contribution is 2.34. The minimum atomic E-state index is -0.140. The molecule has 0 unspecified atom stereocenters. The molecule has 4 N–H and O–H groups in total. The zero-order chi connectivity index (χ0) is 16.7. The molecule has 0 aromatic heterocycles. The Bertz CT molecular complexity index is 1030. The van der Waals surface area contributed by atoms with Gasteiger partial charge in [-0.15, -0.1) is 0 Å². The Morgan fingerprint density at radius 3 is 2.58 bits per heavy atom. The number of rotatable bonds is 2. The molecule has 3 aromatic carbocycles. The number of amides is 1. The van der Waals surface area contributed by atoms with Crippen LogP contribution in [0.1, 0.15) is 16.7 Å². The average Bonchev–Trinajstić information content (AvgIpc) is 2.89. The lowest BCUT2D eigenvalue weighted by molar-refractivity contribution is -0.110. The predicted octanol–water partition coefficient (Wildman–Crippen LogP) is 3.62. The number of nitrogens with two attached hydrogens (primary N) is 1. The lowest BCUT2D eigenvalue weighted by atomic mass is 10.00. The molecule has 4 nitrogen and oxygen atoms in total. The zero-order valence-electron chi connectivity index (χ0n) is 12.8. The van der Waals surface area contributed by atoms with Crippen molar-refractivity contribution >= 4 is 39.9 Å². The third-order valence-corrected chi connectivity index (χ3v) is 4.20. The van der Waals surface area contributed by atoms with Crippen molar-refractivity contribution in [3.8, 4) is 0 Å². The Hall–Kier alpha value is -3.40. The van der Waals surface area contributed by atoms with Crippen molar-refractivity contribution < 1.29 is 4.79 Å². The van der Waals surface area contributed by atoms with E-state index in [1.165, 1.54) is 0 Å². The Morgan fingerprint density at radius 1 is 1.00 bits per heavy atom. The summed E-state index contributed by atoms with van der Waals surface area (Å²) in [5.74, 6) is -0.152. The molecule has 0 spiro atoms. The average molecular weight is 313 g/mol. The van der Waals surface area contributed by atoms with Gasteiger partial charge in [-0.25, -0.2) is 0 Å². The van der Waals surface area contributed by atoms with E-state index in [0.29, 0.717) is 11.1 Å². The second-order valence-electron chi connectivity index (χ2n) is 5.79. The first-order valence-electron chi connectivity index (χ1n) is 7.62. The largest absolute Gasteiger partial charge is 0.384 e. The molecule has 4 rings (SSSR count). The normalized spacial score (nSPS) is 14.7. The van der Waals surface area contributed by atoms with Crippen LogP contribution in [0.15, 0.2) is 60.7 Å². The molecule has 1 heterocycles. The van der Waals surface area contributed by atoms with Gasteiger partial charge < -0.3 is 11.1 Å². The van der Waals surface area contributed by atoms with Crippen LogP contribution < -0.4 is 11.1 Å². The minimum Gasteiger partial charge on any atom is -0.384 e. The van der Waals surface area contributed by atoms with Gasteiger partial charge in [-0.2, -0.15) is 0 Å². The van der Waals surface area contributed by atoms with Crippen LogP contribution in [0, 0.1) is 5.41 Å². The van der Waals surface area contributed by atoms with Gasteiger partial charge >= 0.3 is 0 Å². The molecule has 1 aliphatic rings. The van der Waals surface area contributed by atoms with Crippen molar-refractivity contribution in [1.82, 2.24) is 0 Å². The van der Waals surface area contributed by atoms with E-state index in [1.54, 1.807) is 18.2 Å². The van der Waals surface area contributed by atoms with Gasteiger partial charge in [-0.3, -0.25) is 10.2 Å². The highest BCUT2D eigenvalue weighted by molar-refractivity contribution is 6.35. The van der Waals surface area contributed by atoms with E-state index in [1.807, 2.05) is 36.4 Å². The highest BCUT2D eigenvalue weighted by atomic mass is 16.2. The summed E-state index contributed by atoms with van der Waals surface area (Å²) in [6, 6.07) is 19.5. The van der Waals surface area contributed by atoms with Gasteiger partial charge in [0.25, 0.3) is 5.91 Å². The predicted molar refractivity (Wildman–Crippen MR) is 97.9 cm³/mol. The summed E-state index contributed by atoms with van der Waals surface area (Å²) in [5.41, 5.74) is 9.24. The fourth-order valence-corrected chi connectivity index (χ4v) is 2.96. The molecule has 1 aliphatic heterocycles. The summed E-state index contributed by atoms with van der Waals surface area (Å²) in [6.45, 7) is 0. The van der Waals surface area contributed by atoms with Crippen molar-refractivity contribution in [2.24, 2.45) is 5.73 Å². The van der Waals surface area contributed by atoms with Crippen molar-refractivity contribution in [1.29, 1.82) is 5.41 Å². The first-order chi connectivity index (χ1) is 11.6. The van der Waals surface area contributed by atoms with Gasteiger partial charge in [-0.05, 0) is 46.7 Å². The summed E-state index contributed by atoms with van der Waals surface area (Å²) < 4.78 is 0. The van der Waals surface area contributed by atoms with Crippen LogP contribution in [-0.4, -0.2) is 11.7 Å². The van der Waals surface area contributed by atoms with Crippen molar-refractivity contribution in [3.63, 3.8) is 0 Å². The topological polar surface area (TPSA) is 79.0 Å². The van der Waals surface area contributed by atoms with Gasteiger partial charge in [0.05, 0.1) is 0 Å². The number of fused-ring (bicyclic) bond motifs is 2. The van der Waals surface area contributed by atoms with E-state index in [4.69, 9.17) is 11.1 Å². The highest BCUT2D eigenvalue weighted by Gasteiger charge is 2.24. The number of hydrogen-bond acceptors (Lipinski definition) is 2. The molecule has 1 amide bonds. The van der Waals surface area contributed by atoms with E-state index in [2.05, 4.69) is 17.4 Å².